The molecular formula is C16H21NO2. The van der Waals surface area contributed by atoms with Gasteiger partial charge in [-0.3, -0.25) is 9.59 Å². The molecule has 0 aromatic heterocycles. The number of rotatable bonds is 5. The van der Waals surface area contributed by atoms with Gasteiger partial charge >= 0.3 is 0 Å². The summed E-state index contributed by atoms with van der Waals surface area (Å²) in [4.78, 5) is 25.6. The minimum Gasteiger partial charge on any atom is -0.303 e. The van der Waals surface area contributed by atoms with E-state index in [-0.39, 0.29) is 11.6 Å². The molecule has 1 saturated heterocycles. The Kier molecular flexibility index (Phi) is 4.86. The van der Waals surface area contributed by atoms with Crippen LogP contribution in [-0.4, -0.2) is 36.1 Å². The number of Topliss-reactive ketones (excluding diaryl/α,β-unsaturated/α-hetero) is 2. The number of ketones is 2. The zero-order valence-corrected chi connectivity index (χ0v) is 11.5. The lowest BCUT2D eigenvalue weighted by Crippen LogP contribution is -2.31. The summed E-state index contributed by atoms with van der Waals surface area (Å²) in [5, 5.41) is 0. The van der Waals surface area contributed by atoms with Crippen LogP contribution in [0.25, 0.3) is 0 Å². The first kappa shape index (κ1) is 13.9. The van der Waals surface area contributed by atoms with Crippen LogP contribution >= 0.6 is 0 Å². The minimum atomic E-state index is 0.0346. The topological polar surface area (TPSA) is 37.4 Å². The molecule has 1 aliphatic rings. The summed E-state index contributed by atoms with van der Waals surface area (Å²) >= 11 is 0. The van der Waals surface area contributed by atoms with Crippen molar-refractivity contribution in [3.63, 3.8) is 0 Å². The number of likely N-dealkylation sites (tertiary alicyclic amines) is 1. The second-order valence-electron chi connectivity index (χ2n) is 5.21. The van der Waals surface area contributed by atoms with Crippen LogP contribution in [0.5, 0.6) is 0 Å². The van der Waals surface area contributed by atoms with Crippen LogP contribution in [-0.2, 0) is 0 Å². The molecule has 1 aliphatic heterocycles. The lowest BCUT2D eigenvalue weighted by Gasteiger charge is -2.25. The zero-order valence-electron chi connectivity index (χ0n) is 11.5. The molecule has 2 rings (SSSR count). The molecule has 0 radical (unpaired) electrons. The van der Waals surface area contributed by atoms with Gasteiger partial charge in [-0.25, -0.2) is 0 Å². The van der Waals surface area contributed by atoms with Crippen LogP contribution in [0.2, 0.25) is 0 Å². The Morgan fingerprint density at radius 3 is 2.16 bits per heavy atom. The van der Waals surface area contributed by atoms with Gasteiger partial charge in [-0.15, -0.1) is 0 Å². The quantitative estimate of drug-likeness (QED) is 0.763. The van der Waals surface area contributed by atoms with Gasteiger partial charge in [0.05, 0.1) is 0 Å². The van der Waals surface area contributed by atoms with Gasteiger partial charge in [0.1, 0.15) is 0 Å². The molecule has 1 aromatic rings. The van der Waals surface area contributed by atoms with E-state index >= 15 is 0 Å². The van der Waals surface area contributed by atoms with Crippen molar-refractivity contribution < 1.29 is 9.59 Å². The van der Waals surface area contributed by atoms with Crippen molar-refractivity contribution in [1.82, 2.24) is 4.90 Å². The summed E-state index contributed by atoms with van der Waals surface area (Å²) in [6.45, 7) is 4.63. The Morgan fingerprint density at radius 1 is 1.00 bits per heavy atom. The smallest absolute Gasteiger partial charge is 0.164 e. The van der Waals surface area contributed by atoms with Gasteiger partial charge in [-0.05, 0) is 32.9 Å². The summed E-state index contributed by atoms with van der Waals surface area (Å²) < 4.78 is 0. The van der Waals surface area contributed by atoms with Crippen LogP contribution in [0.3, 0.4) is 0 Å². The number of hydrogen-bond donors (Lipinski definition) is 0. The van der Waals surface area contributed by atoms with Crippen molar-refractivity contribution in [3.8, 4) is 0 Å². The Hall–Kier alpha value is -1.48. The van der Waals surface area contributed by atoms with Gasteiger partial charge in [0.2, 0.25) is 0 Å². The summed E-state index contributed by atoms with van der Waals surface area (Å²) in [5.74, 6) is 0.202. The molecule has 0 amide bonds. The van der Waals surface area contributed by atoms with E-state index in [1.807, 2.05) is 0 Å². The highest BCUT2D eigenvalue weighted by Crippen LogP contribution is 2.11. The lowest BCUT2D eigenvalue weighted by molar-refractivity contribution is 0.0956. The fourth-order valence-corrected chi connectivity index (χ4v) is 2.48. The van der Waals surface area contributed by atoms with Gasteiger partial charge in [0.15, 0.2) is 11.6 Å². The maximum absolute atomic E-state index is 12.1. The predicted octanol–water partition coefficient (Wildman–Crippen LogP) is 2.95. The second-order valence-corrected chi connectivity index (χ2v) is 5.21. The van der Waals surface area contributed by atoms with E-state index in [1.54, 1.807) is 24.3 Å². The summed E-state index contributed by atoms with van der Waals surface area (Å²) in [6.07, 6.45) is 4.39. The molecule has 0 aliphatic carbocycles. The fourth-order valence-electron chi connectivity index (χ4n) is 2.48. The normalized spacial score (nSPS) is 16.3. The van der Waals surface area contributed by atoms with E-state index in [1.165, 1.54) is 26.2 Å². The molecule has 0 bridgehead atoms. The number of hydrogen-bond acceptors (Lipinski definition) is 3. The Labute approximate surface area is 114 Å². The first-order chi connectivity index (χ1) is 9.16. The second kappa shape index (κ2) is 6.62. The maximum Gasteiger partial charge on any atom is 0.164 e. The van der Waals surface area contributed by atoms with Crippen molar-refractivity contribution in [3.05, 3.63) is 35.4 Å². The van der Waals surface area contributed by atoms with E-state index in [0.717, 1.165) is 19.6 Å². The molecule has 1 heterocycles. The molecule has 0 atom stereocenters. The molecule has 19 heavy (non-hydrogen) atoms. The Bertz CT molecular complexity index is 444. The summed E-state index contributed by atoms with van der Waals surface area (Å²) in [7, 11) is 0. The van der Waals surface area contributed by atoms with E-state index in [9.17, 15) is 9.59 Å². The van der Waals surface area contributed by atoms with Gasteiger partial charge in [0.25, 0.3) is 0 Å². The highest BCUT2D eigenvalue weighted by molar-refractivity contribution is 5.98. The standard InChI is InChI=1S/C16H21NO2/c1-13(18)14-5-7-15(8-6-14)16(19)9-12-17-10-3-2-4-11-17/h5-8H,2-4,9-12H2,1H3. The lowest BCUT2D eigenvalue weighted by atomic mass is 10.0. The van der Waals surface area contributed by atoms with Crippen LogP contribution in [0.15, 0.2) is 24.3 Å². The number of carbonyl (C=O) groups is 2. The average molecular weight is 259 g/mol. The van der Waals surface area contributed by atoms with E-state index in [0.29, 0.717) is 17.5 Å². The van der Waals surface area contributed by atoms with Gasteiger partial charge in [-0.2, -0.15) is 0 Å². The van der Waals surface area contributed by atoms with Crippen LogP contribution in [0.1, 0.15) is 53.3 Å². The van der Waals surface area contributed by atoms with Crippen molar-refractivity contribution in [1.29, 1.82) is 0 Å². The minimum absolute atomic E-state index is 0.0346. The van der Waals surface area contributed by atoms with Crippen LogP contribution in [0, 0.1) is 0 Å². The molecule has 3 nitrogen and oxygen atoms in total. The van der Waals surface area contributed by atoms with Gasteiger partial charge in [0, 0.05) is 24.1 Å². The van der Waals surface area contributed by atoms with Crippen LogP contribution < -0.4 is 0 Å². The highest BCUT2D eigenvalue weighted by Gasteiger charge is 2.13. The third-order valence-corrected chi connectivity index (χ3v) is 3.72. The third-order valence-electron chi connectivity index (χ3n) is 3.72. The van der Waals surface area contributed by atoms with Crippen molar-refractivity contribution in [2.24, 2.45) is 0 Å². The molecule has 1 fully saturated rings. The van der Waals surface area contributed by atoms with Crippen LogP contribution in [0.4, 0.5) is 0 Å². The maximum atomic E-state index is 12.1. The first-order valence-electron chi connectivity index (χ1n) is 7.03. The van der Waals surface area contributed by atoms with Crippen molar-refractivity contribution in [2.45, 2.75) is 32.6 Å². The zero-order chi connectivity index (χ0) is 13.7. The monoisotopic (exact) mass is 259 g/mol. The average Bonchev–Trinajstić information content (AvgIpc) is 2.46. The van der Waals surface area contributed by atoms with Crippen molar-refractivity contribution in [2.75, 3.05) is 19.6 Å². The van der Waals surface area contributed by atoms with E-state index < -0.39 is 0 Å². The van der Waals surface area contributed by atoms with Crippen molar-refractivity contribution >= 4 is 11.6 Å². The van der Waals surface area contributed by atoms with Gasteiger partial charge in [-0.1, -0.05) is 30.7 Å². The number of nitrogens with zero attached hydrogens (tertiary/aromatic N) is 1. The number of benzene rings is 1. The highest BCUT2D eigenvalue weighted by atomic mass is 16.1. The molecule has 1 aromatic carbocycles. The first-order valence-corrected chi connectivity index (χ1v) is 7.03. The molecular weight excluding hydrogens is 238 g/mol. The molecule has 0 spiro atoms. The molecule has 0 N–H and O–H groups in total. The molecule has 3 heteroatoms. The Balaban J connectivity index is 1.86. The van der Waals surface area contributed by atoms with E-state index in [2.05, 4.69) is 4.90 Å². The van der Waals surface area contributed by atoms with E-state index in [4.69, 9.17) is 0 Å². The number of carbonyl (C=O) groups excluding carboxylic acids is 2. The SMILES string of the molecule is CC(=O)c1ccc(C(=O)CCN2CCCCC2)cc1. The third kappa shape index (κ3) is 4.00. The largest absolute Gasteiger partial charge is 0.303 e. The Morgan fingerprint density at radius 2 is 1.58 bits per heavy atom. The molecule has 0 unspecified atom stereocenters. The molecule has 102 valence electrons. The molecule has 0 saturated carbocycles. The fraction of sp³-hybridized carbons (Fsp3) is 0.500. The summed E-state index contributed by atoms with van der Waals surface area (Å²) in [6, 6.07) is 6.98. The predicted molar refractivity (Wildman–Crippen MR) is 75.7 cm³/mol. The summed E-state index contributed by atoms with van der Waals surface area (Å²) in [5.41, 5.74) is 1.37. The van der Waals surface area contributed by atoms with Gasteiger partial charge < -0.3 is 4.90 Å². The number of piperidine rings is 1.